The van der Waals surface area contributed by atoms with Crippen LogP contribution in [0.4, 0.5) is 9.52 Å². The van der Waals surface area contributed by atoms with Crippen LogP contribution in [0.3, 0.4) is 0 Å². The summed E-state index contributed by atoms with van der Waals surface area (Å²) < 4.78 is 13.7. The fourth-order valence-electron chi connectivity index (χ4n) is 3.49. The lowest BCUT2D eigenvalue weighted by atomic mass is 10.00. The summed E-state index contributed by atoms with van der Waals surface area (Å²) in [4.78, 5) is 44.7. The van der Waals surface area contributed by atoms with Gasteiger partial charge in [-0.05, 0) is 44.0 Å². The normalized spacial score (nSPS) is 12.0. The van der Waals surface area contributed by atoms with Gasteiger partial charge in [-0.1, -0.05) is 42.5 Å². The lowest BCUT2D eigenvalue weighted by molar-refractivity contribution is -0.142. The van der Waals surface area contributed by atoms with E-state index in [4.69, 9.17) is 0 Å². The first kappa shape index (κ1) is 26.0. The van der Waals surface area contributed by atoms with E-state index < -0.39 is 17.4 Å². The summed E-state index contributed by atoms with van der Waals surface area (Å²) in [7, 11) is 0. The third kappa shape index (κ3) is 7.99. The first-order valence-corrected chi connectivity index (χ1v) is 12.1. The molecule has 0 saturated carbocycles. The Bertz CT molecular complexity index is 1130. The topological polar surface area (TPSA) is 91.4 Å². The molecule has 184 valence electrons. The summed E-state index contributed by atoms with van der Waals surface area (Å²) in [6.45, 7) is 5.68. The maximum Gasteiger partial charge on any atom is 0.247 e. The lowest BCUT2D eigenvalue weighted by Gasteiger charge is -2.34. The SMILES string of the molecule is CC(C)(C)NC(=O)[C@H](c1ccc(F)cc1)N(Cc1ccccc1)C(=O)CCC(=O)Nc1nccs1. The maximum atomic E-state index is 13.7. The molecule has 0 bridgehead atoms. The third-order valence-corrected chi connectivity index (χ3v) is 5.69. The van der Waals surface area contributed by atoms with Crippen molar-refractivity contribution in [2.24, 2.45) is 0 Å². The van der Waals surface area contributed by atoms with E-state index in [1.54, 1.807) is 11.6 Å². The van der Waals surface area contributed by atoms with Crippen LogP contribution in [0.1, 0.15) is 50.8 Å². The van der Waals surface area contributed by atoms with Gasteiger partial charge in [-0.25, -0.2) is 9.37 Å². The van der Waals surface area contributed by atoms with Crippen LogP contribution in [0, 0.1) is 5.82 Å². The quantitative estimate of drug-likeness (QED) is 0.450. The van der Waals surface area contributed by atoms with E-state index in [0.717, 1.165) is 5.56 Å². The highest BCUT2D eigenvalue weighted by atomic mass is 32.1. The maximum absolute atomic E-state index is 13.7. The predicted molar refractivity (Wildman–Crippen MR) is 134 cm³/mol. The Balaban J connectivity index is 1.89. The van der Waals surface area contributed by atoms with Gasteiger partial charge in [0.05, 0.1) is 0 Å². The smallest absolute Gasteiger partial charge is 0.247 e. The largest absolute Gasteiger partial charge is 0.349 e. The standard InChI is InChI=1S/C26H29FN4O3S/c1-26(2,3)30-24(34)23(19-9-11-20(27)12-10-19)31(17-18-7-5-4-6-8-18)22(33)14-13-21(32)29-25-28-15-16-35-25/h4-12,15-16,23H,13-14,17H2,1-3H3,(H,30,34)(H,28,29,32)/t23-/m0/s1. The van der Waals surface area contributed by atoms with Crippen LogP contribution in [0.15, 0.2) is 66.2 Å². The van der Waals surface area contributed by atoms with E-state index in [1.165, 1.54) is 40.5 Å². The number of hydrogen-bond donors (Lipinski definition) is 2. The van der Waals surface area contributed by atoms with Gasteiger partial charge in [0, 0.05) is 36.5 Å². The van der Waals surface area contributed by atoms with Crippen molar-refractivity contribution in [2.45, 2.75) is 51.7 Å². The van der Waals surface area contributed by atoms with E-state index in [1.807, 2.05) is 51.1 Å². The number of hydrogen-bond acceptors (Lipinski definition) is 5. The molecular formula is C26H29FN4O3S. The second-order valence-electron chi connectivity index (χ2n) is 9.09. The Morgan fingerprint density at radius 1 is 1.03 bits per heavy atom. The number of amides is 3. The van der Waals surface area contributed by atoms with Crippen molar-refractivity contribution < 1.29 is 18.8 Å². The Morgan fingerprint density at radius 2 is 1.71 bits per heavy atom. The molecule has 1 heterocycles. The zero-order chi connectivity index (χ0) is 25.4. The highest BCUT2D eigenvalue weighted by Crippen LogP contribution is 2.26. The first-order chi connectivity index (χ1) is 16.6. The minimum absolute atomic E-state index is 0.0687. The lowest BCUT2D eigenvalue weighted by Crippen LogP contribution is -2.49. The summed E-state index contributed by atoms with van der Waals surface area (Å²) >= 11 is 1.28. The number of anilines is 1. The highest BCUT2D eigenvalue weighted by molar-refractivity contribution is 7.13. The summed E-state index contributed by atoms with van der Waals surface area (Å²) in [6.07, 6.45) is 1.40. The molecule has 9 heteroatoms. The molecule has 35 heavy (non-hydrogen) atoms. The van der Waals surface area contributed by atoms with E-state index in [9.17, 15) is 18.8 Å². The molecule has 2 N–H and O–H groups in total. The molecule has 1 aromatic heterocycles. The van der Waals surface area contributed by atoms with E-state index in [2.05, 4.69) is 15.6 Å². The van der Waals surface area contributed by atoms with Crippen LogP contribution in [0.2, 0.25) is 0 Å². The van der Waals surface area contributed by atoms with Gasteiger partial charge in [0.1, 0.15) is 11.9 Å². The van der Waals surface area contributed by atoms with Gasteiger partial charge in [0.15, 0.2) is 5.13 Å². The molecular weight excluding hydrogens is 467 g/mol. The fourth-order valence-corrected chi connectivity index (χ4v) is 4.04. The monoisotopic (exact) mass is 496 g/mol. The molecule has 0 unspecified atom stereocenters. The number of carbonyl (C=O) groups is 3. The van der Waals surface area contributed by atoms with Crippen LogP contribution in [-0.2, 0) is 20.9 Å². The summed E-state index contributed by atoms with van der Waals surface area (Å²) in [5.74, 6) is -1.55. The van der Waals surface area contributed by atoms with Crippen molar-refractivity contribution in [3.8, 4) is 0 Å². The third-order valence-electron chi connectivity index (χ3n) is 5.00. The molecule has 3 amide bonds. The van der Waals surface area contributed by atoms with Crippen molar-refractivity contribution in [3.05, 3.63) is 83.1 Å². The van der Waals surface area contributed by atoms with Crippen LogP contribution < -0.4 is 10.6 Å². The highest BCUT2D eigenvalue weighted by Gasteiger charge is 2.33. The molecule has 0 aliphatic carbocycles. The number of thiazole rings is 1. The van der Waals surface area contributed by atoms with Crippen LogP contribution in [-0.4, -0.2) is 33.1 Å². The number of nitrogens with zero attached hydrogens (tertiary/aromatic N) is 2. The molecule has 0 saturated heterocycles. The fraction of sp³-hybridized carbons (Fsp3) is 0.308. The Morgan fingerprint density at radius 3 is 2.31 bits per heavy atom. The van der Waals surface area contributed by atoms with Gasteiger partial charge < -0.3 is 15.5 Å². The van der Waals surface area contributed by atoms with Gasteiger partial charge in [-0.15, -0.1) is 11.3 Å². The second kappa shape index (κ2) is 11.7. The summed E-state index contributed by atoms with van der Waals surface area (Å²) in [6, 6.07) is 13.8. The second-order valence-corrected chi connectivity index (χ2v) is 9.98. The molecule has 0 spiro atoms. The van der Waals surface area contributed by atoms with Crippen molar-refractivity contribution in [2.75, 3.05) is 5.32 Å². The first-order valence-electron chi connectivity index (χ1n) is 11.2. The Kier molecular flexibility index (Phi) is 8.70. The Hall–Kier alpha value is -3.59. The molecule has 0 radical (unpaired) electrons. The van der Waals surface area contributed by atoms with Crippen LogP contribution in [0.5, 0.6) is 0 Å². The van der Waals surface area contributed by atoms with Gasteiger partial charge in [-0.2, -0.15) is 0 Å². The minimum atomic E-state index is -1.01. The number of rotatable bonds is 9. The van der Waals surface area contributed by atoms with E-state index in [-0.39, 0.29) is 37.1 Å². The van der Waals surface area contributed by atoms with Crippen LogP contribution in [0.25, 0.3) is 0 Å². The molecule has 2 aromatic carbocycles. The van der Waals surface area contributed by atoms with Crippen molar-refractivity contribution in [1.29, 1.82) is 0 Å². The molecule has 3 aromatic rings. The summed E-state index contributed by atoms with van der Waals surface area (Å²) in [5, 5.41) is 7.79. The van der Waals surface area contributed by atoms with Crippen molar-refractivity contribution in [3.63, 3.8) is 0 Å². The van der Waals surface area contributed by atoms with Crippen LogP contribution >= 0.6 is 11.3 Å². The molecule has 1 atom stereocenters. The van der Waals surface area contributed by atoms with Gasteiger partial charge >= 0.3 is 0 Å². The van der Waals surface area contributed by atoms with Crippen molar-refractivity contribution >= 4 is 34.2 Å². The number of carbonyl (C=O) groups excluding carboxylic acids is 3. The number of halogens is 1. The molecule has 3 rings (SSSR count). The molecule has 0 aliphatic rings. The summed E-state index contributed by atoms with van der Waals surface area (Å²) in [5.41, 5.74) is 0.748. The number of benzene rings is 2. The average Bonchev–Trinajstić information content (AvgIpc) is 3.31. The van der Waals surface area contributed by atoms with Gasteiger partial charge in [-0.3, -0.25) is 14.4 Å². The average molecular weight is 497 g/mol. The number of aromatic nitrogens is 1. The van der Waals surface area contributed by atoms with Gasteiger partial charge in [0.2, 0.25) is 17.7 Å². The van der Waals surface area contributed by atoms with Gasteiger partial charge in [0.25, 0.3) is 0 Å². The minimum Gasteiger partial charge on any atom is -0.349 e. The molecule has 0 fully saturated rings. The zero-order valence-corrected chi connectivity index (χ0v) is 20.8. The zero-order valence-electron chi connectivity index (χ0n) is 20.0. The Labute approximate surface area is 208 Å². The van der Waals surface area contributed by atoms with E-state index >= 15 is 0 Å². The molecule has 0 aliphatic heterocycles. The number of nitrogens with one attached hydrogen (secondary N) is 2. The predicted octanol–water partition coefficient (Wildman–Crippen LogP) is 4.69. The van der Waals surface area contributed by atoms with E-state index in [0.29, 0.717) is 10.7 Å². The molecule has 7 nitrogen and oxygen atoms in total. The van der Waals surface area contributed by atoms with Crippen molar-refractivity contribution in [1.82, 2.24) is 15.2 Å².